The van der Waals surface area contributed by atoms with Crippen molar-refractivity contribution < 1.29 is 4.79 Å². The van der Waals surface area contributed by atoms with Crippen LogP contribution < -0.4 is 0 Å². The molecule has 0 aromatic rings. The molecule has 0 radical (unpaired) electrons. The van der Waals surface area contributed by atoms with Crippen LogP contribution in [0, 0.1) is 17.3 Å². The molecule has 1 heteroatoms. The van der Waals surface area contributed by atoms with E-state index in [4.69, 9.17) is 0 Å². The number of fused-ring (bicyclic) bond motifs is 1. The van der Waals surface area contributed by atoms with Crippen LogP contribution in [0.5, 0.6) is 0 Å². The Morgan fingerprint density at radius 3 is 2.81 bits per heavy atom. The van der Waals surface area contributed by atoms with E-state index in [0.29, 0.717) is 11.3 Å². The molecular formula is C15H22O. The average Bonchev–Trinajstić information content (AvgIpc) is 2.76. The lowest BCUT2D eigenvalue weighted by Crippen LogP contribution is -1.91. The van der Waals surface area contributed by atoms with E-state index >= 15 is 0 Å². The Hall–Kier alpha value is -0.850. The Kier molecular flexibility index (Phi) is 3.05. The van der Waals surface area contributed by atoms with Gasteiger partial charge < -0.3 is 0 Å². The minimum atomic E-state index is 0.416. The Morgan fingerprint density at radius 1 is 1.38 bits per heavy atom. The van der Waals surface area contributed by atoms with Gasteiger partial charge in [-0.1, -0.05) is 31.6 Å². The second kappa shape index (κ2) is 4.20. The number of hydrogen-bond donors (Lipinski definition) is 0. The molecular weight excluding hydrogens is 196 g/mol. The summed E-state index contributed by atoms with van der Waals surface area (Å²) in [5.41, 5.74) is 2.92. The molecule has 1 saturated carbocycles. The molecule has 0 bridgehead atoms. The van der Waals surface area contributed by atoms with Crippen molar-refractivity contribution in [2.24, 2.45) is 17.3 Å². The Morgan fingerprint density at radius 2 is 2.12 bits per heavy atom. The average molecular weight is 218 g/mol. The summed E-state index contributed by atoms with van der Waals surface area (Å²) in [5, 5.41) is 0. The Labute approximate surface area is 98.6 Å². The smallest absolute Gasteiger partial charge is 0.145 e. The SMILES string of the molecule is C/C1=C/CC/C(C=O)=C\[C@H]2[C@@H](CC1)C2(C)C. The molecule has 1 fully saturated rings. The van der Waals surface area contributed by atoms with E-state index < -0.39 is 0 Å². The molecule has 0 spiro atoms. The van der Waals surface area contributed by atoms with Crippen molar-refractivity contribution in [3.05, 3.63) is 23.3 Å². The van der Waals surface area contributed by atoms with Crippen LogP contribution in [0.15, 0.2) is 23.3 Å². The largest absolute Gasteiger partial charge is 0.298 e. The topological polar surface area (TPSA) is 17.1 Å². The molecule has 88 valence electrons. The van der Waals surface area contributed by atoms with Crippen molar-refractivity contribution in [2.45, 2.75) is 46.5 Å². The van der Waals surface area contributed by atoms with Crippen molar-refractivity contribution in [1.82, 2.24) is 0 Å². The summed E-state index contributed by atoms with van der Waals surface area (Å²) >= 11 is 0. The van der Waals surface area contributed by atoms with Crippen LogP contribution in [-0.4, -0.2) is 6.29 Å². The third-order valence-corrected chi connectivity index (χ3v) is 4.46. The third kappa shape index (κ3) is 2.14. The molecule has 2 aliphatic carbocycles. The highest BCUT2D eigenvalue weighted by atomic mass is 16.1. The number of hydrogen-bond acceptors (Lipinski definition) is 1. The van der Waals surface area contributed by atoms with Gasteiger partial charge in [0.2, 0.25) is 0 Å². The van der Waals surface area contributed by atoms with Crippen LogP contribution in [0.2, 0.25) is 0 Å². The maximum Gasteiger partial charge on any atom is 0.145 e. The first kappa shape index (κ1) is 11.6. The van der Waals surface area contributed by atoms with Gasteiger partial charge in [-0.2, -0.15) is 0 Å². The van der Waals surface area contributed by atoms with E-state index in [-0.39, 0.29) is 0 Å². The zero-order chi connectivity index (χ0) is 11.8. The van der Waals surface area contributed by atoms with Gasteiger partial charge in [-0.3, -0.25) is 4.79 Å². The van der Waals surface area contributed by atoms with E-state index in [1.54, 1.807) is 0 Å². The fourth-order valence-electron chi connectivity index (χ4n) is 3.05. The number of aldehydes is 1. The molecule has 0 unspecified atom stereocenters. The first-order valence-corrected chi connectivity index (χ1v) is 6.37. The van der Waals surface area contributed by atoms with Gasteiger partial charge in [-0.25, -0.2) is 0 Å². The van der Waals surface area contributed by atoms with Gasteiger partial charge >= 0.3 is 0 Å². The molecule has 0 saturated heterocycles. The lowest BCUT2D eigenvalue weighted by atomic mass is 10.0. The summed E-state index contributed by atoms with van der Waals surface area (Å²) in [7, 11) is 0. The Balaban J connectivity index is 2.18. The quantitative estimate of drug-likeness (QED) is 0.482. The van der Waals surface area contributed by atoms with Gasteiger partial charge in [0, 0.05) is 0 Å². The second-order valence-electron chi connectivity index (χ2n) is 5.94. The predicted octanol–water partition coefficient (Wildman–Crippen LogP) is 3.90. The fraction of sp³-hybridized carbons (Fsp3) is 0.667. The van der Waals surface area contributed by atoms with Gasteiger partial charge in [0.1, 0.15) is 6.29 Å². The monoisotopic (exact) mass is 218 g/mol. The minimum absolute atomic E-state index is 0.416. The first-order valence-electron chi connectivity index (χ1n) is 6.37. The summed E-state index contributed by atoms with van der Waals surface area (Å²) in [6.45, 7) is 6.88. The number of carbonyl (C=O) groups is 1. The summed E-state index contributed by atoms with van der Waals surface area (Å²) in [5.74, 6) is 1.42. The van der Waals surface area contributed by atoms with Gasteiger partial charge in [0.05, 0.1) is 0 Å². The lowest BCUT2D eigenvalue weighted by molar-refractivity contribution is -0.105. The van der Waals surface area contributed by atoms with E-state index in [1.807, 2.05) is 0 Å². The van der Waals surface area contributed by atoms with Crippen LogP contribution in [0.1, 0.15) is 46.5 Å². The van der Waals surface area contributed by atoms with E-state index in [1.165, 1.54) is 18.4 Å². The highest BCUT2D eigenvalue weighted by Crippen LogP contribution is 2.61. The maximum atomic E-state index is 11.0. The lowest BCUT2D eigenvalue weighted by Gasteiger charge is -2.04. The summed E-state index contributed by atoms with van der Waals surface area (Å²) < 4.78 is 0. The molecule has 0 aromatic carbocycles. The highest BCUT2D eigenvalue weighted by molar-refractivity contribution is 5.73. The molecule has 1 nitrogen and oxygen atoms in total. The molecule has 2 aliphatic rings. The minimum Gasteiger partial charge on any atom is -0.298 e. The van der Waals surface area contributed by atoms with Crippen molar-refractivity contribution >= 4 is 6.29 Å². The van der Waals surface area contributed by atoms with Crippen LogP contribution in [0.25, 0.3) is 0 Å². The normalized spacial score (nSPS) is 39.7. The van der Waals surface area contributed by atoms with Crippen LogP contribution in [0.3, 0.4) is 0 Å². The van der Waals surface area contributed by atoms with Crippen molar-refractivity contribution in [3.8, 4) is 0 Å². The summed E-state index contributed by atoms with van der Waals surface area (Å²) in [4.78, 5) is 11.0. The van der Waals surface area contributed by atoms with Crippen molar-refractivity contribution in [2.75, 3.05) is 0 Å². The predicted molar refractivity (Wildman–Crippen MR) is 67.1 cm³/mol. The fourth-order valence-corrected chi connectivity index (χ4v) is 3.05. The molecule has 0 aromatic heterocycles. The molecule has 2 rings (SSSR count). The molecule has 2 atom stereocenters. The summed E-state index contributed by atoms with van der Waals surface area (Å²) in [6, 6.07) is 0. The zero-order valence-corrected chi connectivity index (χ0v) is 10.6. The highest BCUT2D eigenvalue weighted by Gasteiger charge is 2.55. The first-order chi connectivity index (χ1) is 7.55. The number of rotatable bonds is 1. The number of carbonyl (C=O) groups excluding carboxylic acids is 1. The van der Waals surface area contributed by atoms with Crippen LogP contribution in [0.4, 0.5) is 0 Å². The van der Waals surface area contributed by atoms with Gasteiger partial charge in [0.15, 0.2) is 0 Å². The molecule has 0 heterocycles. The van der Waals surface area contributed by atoms with E-state index in [2.05, 4.69) is 32.9 Å². The molecule has 0 N–H and O–H groups in total. The summed E-state index contributed by atoms with van der Waals surface area (Å²) in [6.07, 6.45) is 10.0. The standard InChI is InChI=1S/C15H22O/c1-11-5-4-6-12(10-16)9-14-13(8-7-11)15(14,2)3/h5,9-10,13-14H,4,6-8H2,1-3H3/b11-5-,12-9+/t13-,14+/m1/s1. The van der Waals surface area contributed by atoms with Crippen LogP contribution in [-0.2, 0) is 4.79 Å². The van der Waals surface area contributed by atoms with E-state index in [9.17, 15) is 4.79 Å². The number of allylic oxidation sites excluding steroid dienone is 4. The Bertz CT molecular complexity index is 346. The second-order valence-corrected chi connectivity index (χ2v) is 5.94. The molecule has 16 heavy (non-hydrogen) atoms. The van der Waals surface area contributed by atoms with Gasteiger partial charge in [-0.05, 0) is 55.4 Å². The van der Waals surface area contributed by atoms with Crippen molar-refractivity contribution in [1.29, 1.82) is 0 Å². The van der Waals surface area contributed by atoms with E-state index in [0.717, 1.165) is 30.6 Å². The zero-order valence-electron chi connectivity index (χ0n) is 10.6. The third-order valence-electron chi connectivity index (χ3n) is 4.46. The molecule has 0 amide bonds. The van der Waals surface area contributed by atoms with Crippen LogP contribution >= 0.6 is 0 Å². The van der Waals surface area contributed by atoms with Gasteiger partial charge in [0.25, 0.3) is 0 Å². The molecule has 0 aliphatic heterocycles. The van der Waals surface area contributed by atoms with Crippen molar-refractivity contribution in [3.63, 3.8) is 0 Å². The maximum absolute atomic E-state index is 11.0. The van der Waals surface area contributed by atoms with Gasteiger partial charge in [-0.15, -0.1) is 0 Å².